The number of nitrogens with one attached hydrogen (secondary N) is 1. The van der Waals surface area contributed by atoms with Gasteiger partial charge in [0.25, 0.3) is 0 Å². The Balaban J connectivity index is 1.30. The molecule has 0 bridgehead atoms. The topological polar surface area (TPSA) is 97.2 Å². The monoisotopic (exact) mass is 485 g/mol. The van der Waals surface area contributed by atoms with Gasteiger partial charge in [-0.1, -0.05) is 6.92 Å². The normalized spacial score (nSPS) is 15.9. The second kappa shape index (κ2) is 8.39. The van der Waals surface area contributed by atoms with Crippen molar-refractivity contribution in [3.63, 3.8) is 0 Å². The van der Waals surface area contributed by atoms with E-state index in [1.165, 1.54) is 23.9 Å². The first-order valence-electron chi connectivity index (χ1n) is 10.6. The highest BCUT2D eigenvalue weighted by molar-refractivity contribution is 7.08. The van der Waals surface area contributed by atoms with Crippen LogP contribution < -0.4 is 5.32 Å². The van der Waals surface area contributed by atoms with Gasteiger partial charge in [-0.05, 0) is 47.8 Å². The molecule has 1 atom stereocenters. The third-order valence-corrected chi connectivity index (χ3v) is 6.75. The van der Waals surface area contributed by atoms with Crippen LogP contribution >= 0.6 is 11.5 Å². The first-order chi connectivity index (χ1) is 16.2. The molecule has 2 aliphatic heterocycles. The minimum atomic E-state index is -4.40. The molecule has 3 aromatic rings. The molecule has 7 nitrogen and oxygen atoms in total. The fourth-order valence-corrected chi connectivity index (χ4v) is 4.92. The molecule has 1 amide bonds. The third kappa shape index (κ3) is 4.23. The predicted octanol–water partition coefficient (Wildman–Crippen LogP) is 4.89. The highest BCUT2D eigenvalue weighted by Crippen LogP contribution is 2.37. The van der Waals surface area contributed by atoms with Gasteiger partial charge in [0.2, 0.25) is 5.91 Å². The maximum Gasteiger partial charge on any atom is 0.416 e. The number of nitrogens with zero attached hydrogens (tertiary/aromatic N) is 4. The number of alkyl halides is 3. The molecular weight excluding hydrogens is 467 g/mol. The number of benzene rings is 1. The summed E-state index contributed by atoms with van der Waals surface area (Å²) >= 11 is 1.21. The van der Waals surface area contributed by atoms with Gasteiger partial charge < -0.3 is 5.32 Å². The Morgan fingerprint density at radius 3 is 2.82 bits per heavy atom. The number of anilines is 1. The number of hydrogen-bond donors (Lipinski definition) is 1. The van der Waals surface area contributed by atoms with E-state index in [4.69, 9.17) is 0 Å². The number of ketones is 1. The zero-order valence-corrected chi connectivity index (χ0v) is 18.8. The lowest BCUT2D eigenvalue weighted by molar-refractivity contribution is -0.137. The number of fused-ring (bicyclic) bond motifs is 2. The Kier molecular flexibility index (Phi) is 5.51. The summed E-state index contributed by atoms with van der Waals surface area (Å²) in [5.41, 5.74) is 2.70. The Bertz CT molecular complexity index is 1350. The molecule has 0 radical (unpaired) electrons. The van der Waals surface area contributed by atoms with Crippen LogP contribution in [0.5, 0.6) is 0 Å². The lowest BCUT2D eigenvalue weighted by Crippen LogP contribution is -2.23. The molecule has 0 saturated heterocycles. The standard InChI is InChI=1S/C23H18F3N5O2S/c1-11(6-18(32)21-14-3-5-20(33)30-22(14)28-10-27-21)16-9-19(34-31-16)17-8-12-7-13(23(24,25)26)2-4-15(12)29-17/h2,4,7,9-11H,3,5-6,8H2,1H3,(H,27,28,30,33)/t11-/m0/s1. The molecule has 0 unspecified atom stereocenters. The molecular formula is C23H18F3N5O2S. The average Bonchev–Trinajstić information content (AvgIpc) is 3.44. The fraction of sp³-hybridized carbons (Fsp3) is 0.304. The summed E-state index contributed by atoms with van der Waals surface area (Å²) in [7, 11) is 0. The molecule has 0 aliphatic carbocycles. The van der Waals surface area contributed by atoms with Crippen LogP contribution in [-0.4, -0.2) is 31.7 Å². The number of halogens is 3. The maximum absolute atomic E-state index is 13.0. The quantitative estimate of drug-likeness (QED) is 0.519. The van der Waals surface area contributed by atoms with Gasteiger partial charge in [-0.2, -0.15) is 17.5 Å². The van der Waals surface area contributed by atoms with Crippen LogP contribution in [0, 0.1) is 0 Å². The number of carbonyl (C=O) groups is 2. The number of amides is 1. The molecule has 5 rings (SSSR count). The van der Waals surface area contributed by atoms with E-state index in [-0.39, 0.29) is 30.4 Å². The number of hydrogen-bond acceptors (Lipinski definition) is 7. The van der Waals surface area contributed by atoms with Crippen LogP contribution in [0.4, 0.5) is 24.7 Å². The van der Waals surface area contributed by atoms with Gasteiger partial charge in [-0.3, -0.25) is 14.6 Å². The van der Waals surface area contributed by atoms with E-state index >= 15 is 0 Å². The zero-order valence-electron chi connectivity index (χ0n) is 17.9. The Hall–Kier alpha value is -3.47. The van der Waals surface area contributed by atoms with Crippen molar-refractivity contribution in [1.82, 2.24) is 14.3 Å². The smallest absolute Gasteiger partial charge is 0.310 e. The molecule has 11 heteroatoms. The van der Waals surface area contributed by atoms with Crippen LogP contribution in [0.15, 0.2) is 35.6 Å². The zero-order chi connectivity index (χ0) is 24.0. The summed E-state index contributed by atoms with van der Waals surface area (Å²) in [5.74, 6) is -0.130. The highest BCUT2D eigenvalue weighted by Gasteiger charge is 2.32. The molecule has 2 aliphatic rings. The Morgan fingerprint density at radius 2 is 2.03 bits per heavy atom. The van der Waals surface area contributed by atoms with Gasteiger partial charge in [-0.15, -0.1) is 0 Å². The summed E-state index contributed by atoms with van der Waals surface area (Å²) in [6.45, 7) is 1.88. The maximum atomic E-state index is 13.0. The van der Waals surface area contributed by atoms with Gasteiger partial charge in [0.05, 0.1) is 27.5 Å². The van der Waals surface area contributed by atoms with Gasteiger partial charge in [0.1, 0.15) is 17.8 Å². The number of rotatable bonds is 5. The summed E-state index contributed by atoms with van der Waals surface area (Å²) < 4.78 is 43.5. The van der Waals surface area contributed by atoms with Gasteiger partial charge in [0.15, 0.2) is 5.78 Å². The molecule has 2 aromatic heterocycles. The van der Waals surface area contributed by atoms with Crippen molar-refractivity contribution in [2.45, 2.75) is 44.7 Å². The van der Waals surface area contributed by atoms with Crippen molar-refractivity contribution >= 4 is 40.4 Å². The molecule has 0 saturated carbocycles. The number of Topliss-reactive ketones (excluding diaryl/α,β-unsaturated/α-hetero) is 1. The van der Waals surface area contributed by atoms with Crippen molar-refractivity contribution in [2.75, 3.05) is 5.32 Å². The second-order valence-corrected chi connectivity index (χ2v) is 9.12. The molecule has 0 spiro atoms. The molecule has 34 heavy (non-hydrogen) atoms. The van der Waals surface area contributed by atoms with Crippen molar-refractivity contribution in [1.29, 1.82) is 0 Å². The summed E-state index contributed by atoms with van der Waals surface area (Å²) in [6.07, 6.45) is -1.97. The van der Waals surface area contributed by atoms with Crippen LogP contribution in [0.25, 0.3) is 0 Å². The van der Waals surface area contributed by atoms with Crippen molar-refractivity contribution in [3.05, 3.63) is 63.5 Å². The second-order valence-electron chi connectivity index (χ2n) is 8.32. The third-order valence-electron chi connectivity index (χ3n) is 5.90. The fourth-order valence-electron chi connectivity index (χ4n) is 4.09. The predicted molar refractivity (Wildman–Crippen MR) is 120 cm³/mol. The summed E-state index contributed by atoms with van der Waals surface area (Å²) in [4.78, 5) is 38.0. The Labute approximate surface area is 196 Å². The number of aliphatic imine (C=N–C) groups is 1. The molecule has 0 fully saturated rings. The molecule has 4 heterocycles. The molecule has 174 valence electrons. The highest BCUT2D eigenvalue weighted by atomic mass is 32.1. The van der Waals surface area contributed by atoms with E-state index in [2.05, 4.69) is 24.7 Å². The minimum Gasteiger partial charge on any atom is -0.310 e. The van der Waals surface area contributed by atoms with Crippen molar-refractivity contribution < 1.29 is 22.8 Å². The SMILES string of the molecule is C[C@@H](CC(=O)c1ncnc2c1CCC(=O)N2)c1cc(C2=Nc3ccc(C(F)(F)F)cc3C2)sn1. The first kappa shape index (κ1) is 22.3. The minimum absolute atomic E-state index is 0.139. The number of carbonyl (C=O) groups excluding carboxylic acids is 2. The average molecular weight is 485 g/mol. The van der Waals surface area contributed by atoms with Crippen LogP contribution in [0.3, 0.4) is 0 Å². The van der Waals surface area contributed by atoms with E-state index in [1.54, 1.807) is 0 Å². The number of aromatic nitrogens is 3. The van der Waals surface area contributed by atoms with Gasteiger partial charge >= 0.3 is 6.18 Å². The van der Waals surface area contributed by atoms with Crippen LogP contribution in [-0.2, 0) is 23.8 Å². The Morgan fingerprint density at radius 1 is 1.21 bits per heavy atom. The molecule has 1 aromatic carbocycles. The van der Waals surface area contributed by atoms with Crippen molar-refractivity contribution in [3.8, 4) is 0 Å². The van der Waals surface area contributed by atoms with Crippen LogP contribution in [0.2, 0.25) is 0 Å². The lowest BCUT2D eigenvalue weighted by Gasteiger charge is -2.17. The summed E-state index contributed by atoms with van der Waals surface area (Å²) in [6, 6.07) is 5.40. The molecule has 1 N–H and O–H groups in total. The lowest BCUT2D eigenvalue weighted by atomic mass is 9.95. The van der Waals surface area contributed by atoms with E-state index in [0.717, 1.165) is 17.0 Å². The van der Waals surface area contributed by atoms with Crippen molar-refractivity contribution in [2.24, 2.45) is 4.99 Å². The van der Waals surface area contributed by atoms with E-state index < -0.39 is 11.7 Å². The largest absolute Gasteiger partial charge is 0.416 e. The van der Waals surface area contributed by atoms with E-state index in [1.807, 2.05) is 13.0 Å². The summed E-state index contributed by atoms with van der Waals surface area (Å²) in [5, 5.41) is 2.67. The van der Waals surface area contributed by atoms with Gasteiger partial charge in [0, 0.05) is 30.7 Å². The van der Waals surface area contributed by atoms with E-state index in [9.17, 15) is 22.8 Å². The van der Waals surface area contributed by atoms with Gasteiger partial charge in [-0.25, -0.2) is 9.97 Å². The van der Waals surface area contributed by atoms with Crippen LogP contribution in [0.1, 0.15) is 63.4 Å². The first-order valence-corrected chi connectivity index (χ1v) is 11.4. The van der Waals surface area contributed by atoms with E-state index in [0.29, 0.717) is 52.6 Å².